The molecule has 1 atom stereocenters. The van der Waals surface area contributed by atoms with Gasteiger partial charge in [0.2, 0.25) is 5.91 Å². The highest BCUT2D eigenvalue weighted by atomic mass is 35.5. The second kappa shape index (κ2) is 11.4. The average molecular weight is 485 g/mol. The number of rotatable bonds is 8. The normalized spacial score (nSPS) is 15.1. The molecule has 2 amide bonds. The van der Waals surface area contributed by atoms with Crippen molar-refractivity contribution in [2.75, 3.05) is 31.6 Å². The van der Waals surface area contributed by atoms with Gasteiger partial charge in [0.05, 0.1) is 42.0 Å². The van der Waals surface area contributed by atoms with Crippen molar-refractivity contribution in [3.05, 3.63) is 81.8 Å². The van der Waals surface area contributed by atoms with Crippen LogP contribution >= 0.6 is 22.9 Å². The van der Waals surface area contributed by atoms with Gasteiger partial charge in [-0.1, -0.05) is 54.1 Å². The van der Waals surface area contributed by atoms with E-state index in [2.05, 4.69) is 20.5 Å². The summed E-state index contributed by atoms with van der Waals surface area (Å²) in [5.74, 6) is -0.556. The monoisotopic (exact) mass is 484 g/mol. The van der Waals surface area contributed by atoms with E-state index in [-0.39, 0.29) is 18.2 Å². The highest BCUT2D eigenvalue weighted by Crippen LogP contribution is 2.22. The first-order valence-corrected chi connectivity index (χ1v) is 12.0. The minimum atomic E-state index is -0.511. The average Bonchev–Trinajstić information content (AvgIpc) is 3.26. The Balaban J connectivity index is 1.40. The summed E-state index contributed by atoms with van der Waals surface area (Å²) in [6.07, 6.45) is 0.0680. The molecule has 2 heterocycles. The van der Waals surface area contributed by atoms with Crippen LogP contribution in [0.5, 0.6) is 0 Å². The Morgan fingerprint density at radius 2 is 1.82 bits per heavy atom. The first-order chi connectivity index (χ1) is 16.1. The van der Waals surface area contributed by atoms with Gasteiger partial charge in [-0.25, -0.2) is 4.98 Å². The first kappa shape index (κ1) is 23.4. The maximum atomic E-state index is 12.8. The van der Waals surface area contributed by atoms with Gasteiger partial charge in [0, 0.05) is 25.0 Å². The molecule has 0 radical (unpaired) electrons. The molecule has 2 aromatic carbocycles. The smallest absolute Gasteiger partial charge is 0.253 e. The Labute approximate surface area is 201 Å². The molecule has 33 heavy (non-hydrogen) atoms. The lowest BCUT2D eigenvalue weighted by Crippen LogP contribution is -2.35. The van der Waals surface area contributed by atoms with Gasteiger partial charge in [0.1, 0.15) is 0 Å². The van der Waals surface area contributed by atoms with E-state index in [0.29, 0.717) is 15.7 Å². The molecule has 1 fully saturated rings. The van der Waals surface area contributed by atoms with E-state index in [1.54, 1.807) is 24.3 Å². The summed E-state index contributed by atoms with van der Waals surface area (Å²) in [5, 5.41) is 8.69. The van der Waals surface area contributed by atoms with Gasteiger partial charge in [-0.15, -0.1) is 11.3 Å². The Bertz CT molecular complexity index is 1090. The molecule has 9 heteroatoms. The second-order valence-electron chi connectivity index (χ2n) is 7.70. The van der Waals surface area contributed by atoms with Crippen molar-refractivity contribution in [2.24, 2.45) is 0 Å². The molecular formula is C24H25ClN4O3S. The standard InChI is InChI=1S/C24H25ClN4O3S/c25-20-9-5-4-8-19(20)23(31)27-21(17-6-2-1-3-7-17)14-22(30)28-24-26-18(16-33-24)15-29-10-12-32-13-11-29/h1-9,16,21H,10-15H2,(H,27,31)(H,26,28,30). The van der Waals surface area contributed by atoms with Crippen molar-refractivity contribution in [3.8, 4) is 0 Å². The molecule has 7 nitrogen and oxygen atoms in total. The van der Waals surface area contributed by atoms with Crippen molar-refractivity contribution in [3.63, 3.8) is 0 Å². The van der Waals surface area contributed by atoms with E-state index in [4.69, 9.17) is 16.3 Å². The van der Waals surface area contributed by atoms with Crippen LogP contribution in [0.25, 0.3) is 0 Å². The maximum absolute atomic E-state index is 12.8. The van der Waals surface area contributed by atoms with E-state index in [1.807, 2.05) is 35.7 Å². The molecule has 1 aliphatic rings. The van der Waals surface area contributed by atoms with Crippen molar-refractivity contribution >= 4 is 39.9 Å². The third kappa shape index (κ3) is 6.61. The van der Waals surface area contributed by atoms with E-state index in [1.165, 1.54) is 11.3 Å². The van der Waals surface area contributed by atoms with Crippen molar-refractivity contribution in [1.29, 1.82) is 0 Å². The molecule has 4 rings (SSSR count). The second-order valence-corrected chi connectivity index (χ2v) is 8.97. The zero-order valence-corrected chi connectivity index (χ0v) is 19.6. The predicted molar refractivity (Wildman–Crippen MR) is 130 cm³/mol. The van der Waals surface area contributed by atoms with E-state index >= 15 is 0 Å². The number of hydrogen-bond acceptors (Lipinski definition) is 6. The third-order valence-electron chi connectivity index (χ3n) is 5.30. The number of benzene rings is 2. The molecule has 1 saturated heterocycles. The van der Waals surface area contributed by atoms with Gasteiger partial charge >= 0.3 is 0 Å². The number of ether oxygens (including phenoxy) is 1. The zero-order chi connectivity index (χ0) is 23.0. The largest absolute Gasteiger partial charge is 0.379 e. The Morgan fingerprint density at radius 1 is 1.09 bits per heavy atom. The summed E-state index contributed by atoms with van der Waals surface area (Å²) >= 11 is 7.57. The van der Waals surface area contributed by atoms with Crippen LogP contribution in [0.4, 0.5) is 5.13 Å². The fraction of sp³-hybridized carbons (Fsp3) is 0.292. The fourth-order valence-electron chi connectivity index (χ4n) is 3.60. The van der Waals surface area contributed by atoms with Gasteiger partial charge < -0.3 is 15.4 Å². The van der Waals surface area contributed by atoms with Crippen LogP contribution in [0.15, 0.2) is 60.0 Å². The van der Waals surface area contributed by atoms with Crippen molar-refractivity contribution in [2.45, 2.75) is 19.0 Å². The van der Waals surface area contributed by atoms with Crippen LogP contribution in [0.1, 0.15) is 34.1 Å². The molecule has 0 bridgehead atoms. The number of hydrogen-bond donors (Lipinski definition) is 2. The number of carbonyl (C=O) groups excluding carboxylic acids is 2. The number of amides is 2. The van der Waals surface area contributed by atoms with E-state index in [9.17, 15) is 9.59 Å². The highest BCUT2D eigenvalue weighted by molar-refractivity contribution is 7.13. The van der Waals surface area contributed by atoms with Crippen molar-refractivity contribution in [1.82, 2.24) is 15.2 Å². The number of nitrogens with zero attached hydrogens (tertiary/aromatic N) is 2. The summed E-state index contributed by atoms with van der Waals surface area (Å²) in [6.45, 7) is 3.95. The molecule has 3 aromatic rings. The molecule has 1 unspecified atom stereocenters. The lowest BCUT2D eigenvalue weighted by molar-refractivity contribution is -0.116. The summed E-state index contributed by atoms with van der Waals surface area (Å²) in [5.41, 5.74) is 2.12. The molecule has 1 aliphatic heterocycles. The first-order valence-electron chi connectivity index (χ1n) is 10.7. The predicted octanol–water partition coefficient (Wildman–Crippen LogP) is 4.13. The summed E-state index contributed by atoms with van der Waals surface area (Å²) in [6, 6.07) is 15.7. The van der Waals surface area contributed by atoms with Crippen LogP contribution in [0.3, 0.4) is 0 Å². The molecule has 0 saturated carbocycles. The number of carbonyl (C=O) groups is 2. The minimum Gasteiger partial charge on any atom is -0.379 e. The van der Waals surface area contributed by atoms with Gasteiger partial charge in [0.15, 0.2) is 5.13 Å². The van der Waals surface area contributed by atoms with Gasteiger partial charge in [0.25, 0.3) is 5.91 Å². The lowest BCUT2D eigenvalue weighted by Gasteiger charge is -2.25. The summed E-state index contributed by atoms with van der Waals surface area (Å²) < 4.78 is 5.38. The Hall–Kier alpha value is -2.78. The molecule has 0 spiro atoms. The third-order valence-corrected chi connectivity index (χ3v) is 6.44. The molecule has 1 aromatic heterocycles. The fourth-order valence-corrected chi connectivity index (χ4v) is 4.54. The Morgan fingerprint density at radius 3 is 2.58 bits per heavy atom. The Kier molecular flexibility index (Phi) is 8.06. The van der Waals surface area contributed by atoms with Crippen LogP contribution in [0.2, 0.25) is 5.02 Å². The van der Waals surface area contributed by atoms with Crippen molar-refractivity contribution < 1.29 is 14.3 Å². The number of aromatic nitrogens is 1. The SMILES string of the molecule is O=C(CC(NC(=O)c1ccccc1Cl)c1ccccc1)Nc1nc(CN2CCOCC2)cs1. The number of anilines is 1. The minimum absolute atomic E-state index is 0.0680. The summed E-state index contributed by atoms with van der Waals surface area (Å²) in [7, 11) is 0. The van der Waals surface area contributed by atoms with Crippen LogP contribution < -0.4 is 10.6 Å². The summed E-state index contributed by atoms with van der Waals surface area (Å²) in [4.78, 5) is 32.5. The topological polar surface area (TPSA) is 83.6 Å². The molecule has 172 valence electrons. The molecule has 2 N–H and O–H groups in total. The van der Waals surface area contributed by atoms with E-state index < -0.39 is 6.04 Å². The lowest BCUT2D eigenvalue weighted by atomic mass is 10.0. The highest BCUT2D eigenvalue weighted by Gasteiger charge is 2.21. The number of thiazole rings is 1. The number of halogens is 1. The van der Waals surface area contributed by atoms with E-state index in [0.717, 1.165) is 44.1 Å². The van der Waals surface area contributed by atoms with Crippen LogP contribution in [-0.2, 0) is 16.1 Å². The zero-order valence-electron chi connectivity index (χ0n) is 18.0. The van der Waals surface area contributed by atoms with Gasteiger partial charge in [-0.05, 0) is 17.7 Å². The van der Waals surface area contributed by atoms with Crippen LogP contribution in [0, 0.1) is 0 Å². The number of nitrogens with one attached hydrogen (secondary N) is 2. The maximum Gasteiger partial charge on any atom is 0.253 e. The molecular weight excluding hydrogens is 460 g/mol. The quantitative estimate of drug-likeness (QED) is 0.502. The van der Waals surface area contributed by atoms with Gasteiger partial charge in [-0.2, -0.15) is 0 Å². The van der Waals surface area contributed by atoms with Gasteiger partial charge in [-0.3, -0.25) is 14.5 Å². The van der Waals surface area contributed by atoms with Crippen LogP contribution in [-0.4, -0.2) is 48.0 Å². The number of morpholine rings is 1. The molecule has 0 aliphatic carbocycles.